The number of hydrogen-bond acceptors (Lipinski definition) is 9. The molecule has 0 saturated heterocycles. The molecule has 0 bridgehead atoms. The fraction of sp³-hybridized carbons (Fsp3) is 0.439. The molecule has 3 amide bonds. The van der Waals surface area contributed by atoms with E-state index in [0.29, 0.717) is 17.0 Å². The van der Waals surface area contributed by atoms with E-state index < -0.39 is 143 Å². The number of anilines is 1. The Balaban J connectivity index is 1.46. The van der Waals surface area contributed by atoms with E-state index in [2.05, 4.69) is 25.8 Å². The van der Waals surface area contributed by atoms with Crippen LogP contribution in [-0.2, 0) is 62.7 Å². The lowest BCUT2D eigenvalue weighted by Crippen LogP contribution is -2.42. The fourth-order valence-corrected chi connectivity index (χ4v) is 9.87. The highest BCUT2D eigenvalue weighted by Crippen LogP contribution is 2.68. The highest BCUT2D eigenvalue weighted by Gasteiger charge is 2.68. The van der Waals surface area contributed by atoms with Crippen molar-refractivity contribution in [3.8, 4) is 11.1 Å². The highest BCUT2D eigenvalue weighted by atomic mass is 35.5. The smallest absolute Gasteiger partial charge is 0.346 e. The number of carbonyl (C=O) groups excluding carboxylic acids is 2. The van der Waals surface area contributed by atoms with Crippen LogP contribution in [0.2, 0.25) is 5.02 Å². The molecule has 14 nitrogen and oxygen atoms in total. The van der Waals surface area contributed by atoms with Gasteiger partial charge in [0.2, 0.25) is 15.9 Å². The van der Waals surface area contributed by atoms with Gasteiger partial charge in [0, 0.05) is 47.7 Å². The number of sulfonamides is 1. The maximum atomic E-state index is 15.5. The van der Waals surface area contributed by atoms with Crippen LogP contribution in [0.4, 0.5) is 54.5 Å². The van der Waals surface area contributed by atoms with Gasteiger partial charge in [-0.25, -0.2) is 30.4 Å². The summed E-state index contributed by atoms with van der Waals surface area (Å²) in [4.78, 5) is 31.8. The van der Waals surface area contributed by atoms with E-state index in [4.69, 9.17) is 11.6 Å². The van der Waals surface area contributed by atoms with Crippen molar-refractivity contribution in [1.29, 1.82) is 0 Å². The lowest BCUT2D eigenvalue weighted by Gasteiger charge is -2.25. The molecular formula is C41H39ClF10N8O6S2. The SMILES string of the molecule is CNC(=O)N(c1nn(CC(F)(F)F)c2c(-c3ccc(CCC(C)(C)S(C)(=O)=O)nc3[C@H](Cc3cc(F)cc(F)c3)NC(=O)Cn3nc(C(F)(F)F)c4c3C(F)(F)C3C[C@H]43)ccc(Cl)c12)S(C)(=O)=O. The van der Waals surface area contributed by atoms with Crippen molar-refractivity contribution in [2.75, 3.05) is 23.9 Å². The quantitative estimate of drug-likeness (QED) is 0.104. The molecule has 5 aromatic rings. The van der Waals surface area contributed by atoms with Crippen molar-refractivity contribution >= 4 is 60.1 Å². The summed E-state index contributed by atoms with van der Waals surface area (Å²) in [7, 11) is -7.36. The largest absolute Gasteiger partial charge is 0.435 e. The molecule has 3 heterocycles. The molecule has 3 aromatic heterocycles. The third-order valence-corrected chi connectivity index (χ3v) is 15.4. The Morgan fingerprint density at radius 3 is 2.15 bits per heavy atom. The number of nitrogens with one attached hydrogen (secondary N) is 2. The van der Waals surface area contributed by atoms with Crippen LogP contribution in [0.25, 0.3) is 22.0 Å². The molecule has 2 aliphatic carbocycles. The first-order valence-electron chi connectivity index (χ1n) is 20.2. The molecule has 1 saturated carbocycles. The second-order valence-electron chi connectivity index (χ2n) is 17.2. The van der Waals surface area contributed by atoms with Crippen molar-refractivity contribution in [2.24, 2.45) is 5.92 Å². The summed E-state index contributed by atoms with van der Waals surface area (Å²) in [6.45, 7) is -0.352. The first-order valence-corrected chi connectivity index (χ1v) is 24.3. The van der Waals surface area contributed by atoms with Gasteiger partial charge >= 0.3 is 18.4 Å². The number of urea groups is 1. The van der Waals surface area contributed by atoms with Crippen molar-refractivity contribution in [1.82, 2.24) is 35.2 Å². The number of sulfone groups is 1. The number of alkyl halides is 8. The number of halogens is 11. The number of amides is 3. The summed E-state index contributed by atoms with van der Waals surface area (Å²) in [5.41, 5.74) is -5.04. The Kier molecular flexibility index (Phi) is 12.7. The summed E-state index contributed by atoms with van der Waals surface area (Å²) in [5.74, 6) is -10.9. The lowest BCUT2D eigenvalue weighted by atomic mass is 9.93. The minimum Gasteiger partial charge on any atom is -0.346 e. The molecule has 368 valence electrons. The second-order valence-corrected chi connectivity index (χ2v) is 22.1. The Morgan fingerprint density at radius 1 is 0.941 bits per heavy atom. The summed E-state index contributed by atoms with van der Waals surface area (Å²) in [5, 5.41) is 10.9. The Labute approximate surface area is 386 Å². The Bertz CT molecular complexity index is 3080. The Morgan fingerprint density at radius 2 is 1.57 bits per heavy atom. The minimum absolute atomic E-state index is 0.0639. The average molecular weight is 1030 g/mol. The molecule has 3 atom stereocenters. The van der Waals surface area contributed by atoms with Gasteiger partial charge < -0.3 is 10.6 Å². The maximum absolute atomic E-state index is 15.5. The van der Waals surface area contributed by atoms with Gasteiger partial charge in [-0.3, -0.25) is 19.1 Å². The van der Waals surface area contributed by atoms with Gasteiger partial charge in [0.1, 0.15) is 30.4 Å². The lowest BCUT2D eigenvalue weighted by molar-refractivity contribution is -0.143. The molecule has 2 N–H and O–H groups in total. The van der Waals surface area contributed by atoms with Crippen LogP contribution in [0.15, 0.2) is 42.5 Å². The van der Waals surface area contributed by atoms with Crippen LogP contribution in [0, 0.1) is 17.6 Å². The maximum Gasteiger partial charge on any atom is 0.435 e. The van der Waals surface area contributed by atoms with Gasteiger partial charge in [-0.2, -0.15) is 49.6 Å². The molecular weight excluding hydrogens is 990 g/mol. The third kappa shape index (κ3) is 9.71. The molecule has 7 rings (SSSR count). The molecule has 68 heavy (non-hydrogen) atoms. The van der Waals surface area contributed by atoms with E-state index >= 15 is 8.78 Å². The second kappa shape index (κ2) is 17.2. The summed E-state index contributed by atoms with van der Waals surface area (Å²) in [6, 6.07) is 3.98. The van der Waals surface area contributed by atoms with Crippen LogP contribution in [0.1, 0.15) is 72.6 Å². The van der Waals surface area contributed by atoms with Gasteiger partial charge in [-0.1, -0.05) is 23.7 Å². The number of benzene rings is 2. The van der Waals surface area contributed by atoms with E-state index in [1.807, 2.05) is 0 Å². The number of hydrogen-bond donors (Lipinski definition) is 2. The molecule has 1 fully saturated rings. The van der Waals surface area contributed by atoms with E-state index in [0.717, 1.165) is 37.6 Å². The van der Waals surface area contributed by atoms with E-state index in [9.17, 15) is 61.5 Å². The normalized spacial score (nSPS) is 17.5. The predicted molar refractivity (Wildman–Crippen MR) is 226 cm³/mol. The van der Waals surface area contributed by atoms with E-state index in [-0.39, 0.29) is 56.3 Å². The van der Waals surface area contributed by atoms with Crippen LogP contribution in [0.5, 0.6) is 0 Å². The molecule has 0 spiro atoms. The molecule has 0 radical (unpaired) electrons. The van der Waals surface area contributed by atoms with E-state index in [1.165, 1.54) is 26.0 Å². The predicted octanol–water partition coefficient (Wildman–Crippen LogP) is 7.98. The number of pyridine rings is 1. The zero-order valence-corrected chi connectivity index (χ0v) is 38.5. The average Bonchev–Trinajstić information content (AvgIpc) is 3.71. The monoisotopic (exact) mass is 1030 g/mol. The van der Waals surface area contributed by atoms with Gasteiger partial charge in [0.15, 0.2) is 21.3 Å². The zero-order chi connectivity index (χ0) is 50.4. The summed E-state index contributed by atoms with van der Waals surface area (Å²) in [6.07, 6.45) is -9.86. The number of nitrogens with zero attached hydrogens (tertiary/aromatic N) is 6. The van der Waals surface area contributed by atoms with Crippen LogP contribution < -0.4 is 14.9 Å². The summed E-state index contributed by atoms with van der Waals surface area (Å²) < 4.78 is 197. The van der Waals surface area contributed by atoms with Crippen molar-refractivity contribution in [3.05, 3.63) is 93.0 Å². The number of rotatable bonds is 14. The first-order chi connectivity index (χ1) is 31.2. The minimum atomic E-state index is -5.20. The highest BCUT2D eigenvalue weighted by molar-refractivity contribution is 7.93. The van der Waals surface area contributed by atoms with Crippen LogP contribution in [0.3, 0.4) is 0 Å². The molecule has 0 aliphatic heterocycles. The number of carbonyl (C=O) groups is 2. The number of fused-ring (bicyclic) bond motifs is 4. The van der Waals surface area contributed by atoms with Crippen molar-refractivity contribution in [3.63, 3.8) is 0 Å². The topological polar surface area (TPSA) is 178 Å². The third-order valence-electron chi connectivity index (χ3n) is 11.9. The van der Waals surface area contributed by atoms with Gasteiger partial charge in [0.25, 0.3) is 5.92 Å². The van der Waals surface area contributed by atoms with Gasteiger partial charge in [-0.15, -0.1) is 0 Å². The van der Waals surface area contributed by atoms with Crippen LogP contribution >= 0.6 is 11.6 Å². The zero-order valence-electron chi connectivity index (χ0n) is 36.1. The molecule has 1 unspecified atom stereocenters. The van der Waals surface area contributed by atoms with Crippen molar-refractivity contribution in [2.45, 2.75) is 87.6 Å². The van der Waals surface area contributed by atoms with Crippen LogP contribution in [-0.4, -0.2) is 83.8 Å². The molecule has 2 aliphatic rings. The number of aromatic nitrogens is 5. The fourth-order valence-electron chi connectivity index (χ4n) is 8.32. The first kappa shape index (κ1) is 50.4. The number of aryl methyl sites for hydroxylation is 1. The van der Waals surface area contributed by atoms with Gasteiger partial charge in [0.05, 0.1) is 38.7 Å². The molecule has 27 heteroatoms. The molecule has 2 aromatic carbocycles. The standard InChI is InChI=1S/C41H39ClF10N8O6S2/c1-38(2,67(4,63)64)11-10-22-6-7-23(24-8-9-27(42)31-33(24)59(18-39(45,46)47)57-36(31)60(37(62)53-3)68(5,65)66)32(54-22)28(14-19-12-20(43)15-21(44)13-19)55-29(61)17-58-35-30(34(56-58)41(50,51)52)25-16-26(25)40(35,48)49/h6-9,12-13,15,25-26,28H,10-11,14,16-18H2,1-5H3,(H,53,62)(H,55,61)/t25-,26?,28-/m0/s1. The van der Waals surface area contributed by atoms with E-state index in [1.54, 1.807) is 0 Å². The van der Waals surface area contributed by atoms with Gasteiger partial charge in [-0.05, 0) is 75.3 Å². The Hall–Kier alpha value is -5.50. The van der Waals surface area contributed by atoms with Crippen molar-refractivity contribution < 1.29 is 70.3 Å². The summed E-state index contributed by atoms with van der Waals surface area (Å²) >= 11 is 6.57.